The van der Waals surface area contributed by atoms with Crippen molar-refractivity contribution in [3.05, 3.63) is 51.6 Å². The molecule has 0 radical (unpaired) electrons. The number of urea groups is 1. The number of fused-ring (bicyclic) bond motifs is 1. The molecule has 5 amide bonds. The molecule has 194 valence electrons. The first-order valence-corrected chi connectivity index (χ1v) is 11.7. The number of anilines is 1. The zero-order valence-electron chi connectivity index (χ0n) is 21.7. The standard InChI is InChI=1S/C27H29N3O7/c1-14-9-15(2)22(16(3)10-14)30-26(33)20(25(32)28-27(30)34)12-19-18(7-8-29(5)17(4)31)11-21-24(23(19)35-6)37-13-36-21/h9-12H,7-8,13H2,1-6H3,(H,28,32,34). The molecule has 2 aromatic carbocycles. The van der Waals surface area contributed by atoms with E-state index in [2.05, 4.69) is 5.32 Å². The van der Waals surface area contributed by atoms with Gasteiger partial charge in [0.1, 0.15) is 5.57 Å². The predicted octanol–water partition coefficient (Wildman–Crippen LogP) is 3.04. The molecule has 10 heteroatoms. The maximum absolute atomic E-state index is 13.7. The molecule has 1 fully saturated rings. The van der Waals surface area contributed by atoms with E-state index in [-0.39, 0.29) is 24.0 Å². The van der Waals surface area contributed by atoms with Crippen LogP contribution in [-0.2, 0) is 20.8 Å². The molecule has 10 nitrogen and oxygen atoms in total. The molecule has 0 spiro atoms. The van der Waals surface area contributed by atoms with Gasteiger partial charge in [0.25, 0.3) is 11.8 Å². The van der Waals surface area contributed by atoms with Crippen molar-refractivity contribution in [2.24, 2.45) is 0 Å². The van der Waals surface area contributed by atoms with Crippen LogP contribution in [0.2, 0.25) is 0 Å². The molecule has 1 N–H and O–H groups in total. The Hall–Kier alpha value is -4.34. The summed E-state index contributed by atoms with van der Waals surface area (Å²) in [5.74, 6) is -0.584. The SMILES string of the molecule is COc1c(C=C2C(=O)NC(=O)N(c3c(C)cc(C)cc3C)C2=O)c(CCN(C)C(C)=O)cc2c1OCO2. The Bertz CT molecular complexity index is 1340. The zero-order chi connectivity index (χ0) is 27.0. The number of barbiturate groups is 1. The van der Waals surface area contributed by atoms with Crippen molar-refractivity contribution in [3.63, 3.8) is 0 Å². The highest BCUT2D eigenvalue weighted by Gasteiger charge is 2.39. The third-order valence-electron chi connectivity index (χ3n) is 6.45. The first-order chi connectivity index (χ1) is 17.5. The number of carbonyl (C=O) groups is 4. The number of aryl methyl sites for hydroxylation is 3. The maximum Gasteiger partial charge on any atom is 0.335 e. The van der Waals surface area contributed by atoms with Gasteiger partial charge in [0.15, 0.2) is 11.5 Å². The number of hydrogen-bond acceptors (Lipinski definition) is 7. The van der Waals surface area contributed by atoms with Crippen molar-refractivity contribution in [2.75, 3.05) is 32.4 Å². The van der Waals surface area contributed by atoms with Crippen molar-refractivity contribution in [1.82, 2.24) is 10.2 Å². The molecule has 0 bridgehead atoms. The van der Waals surface area contributed by atoms with E-state index < -0.39 is 17.8 Å². The molecular formula is C27H29N3O7. The lowest BCUT2D eigenvalue weighted by Crippen LogP contribution is -2.54. The van der Waals surface area contributed by atoms with Gasteiger partial charge in [0.2, 0.25) is 18.4 Å². The van der Waals surface area contributed by atoms with Crippen LogP contribution in [0.5, 0.6) is 17.2 Å². The second-order valence-corrected chi connectivity index (χ2v) is 9.11. The van der Waals surface area contributed by atoms with E-state index in [0.717, 1.165) is 21.6 Å². The minimum absolute atomic E-state index is 0.00776. The van der Waals surface area contributed by atoms with Crippen LogP contribution >= 0.6 is 0 Å². The lowest BCUT2D eigenvalue weighted by molar-refractivity contribution is -0.127. The van der Waals surface area contributed by atoms with Gasteiger partial charge in [-0.2, -0.15) is 0 Å². The highest BCUT2D eigenvalue weighted by atomic mass is 16.7. The van der Waals surface area contributed by atoms with Gasteiger partial charge in [-0.25, -0.2) is 9.69 Å². The van der Waals surface area contributed by atoms with E-state index in [1.54, 1.807) is 31.9 Å². The number of amides is 5. The minimum Gasteiger partial charge on any atom is -0.492 e. The number of nitrogens with one attached hydrogen (secondary N) is 1. The van der Waals surface area contributed by atoms with Gasteiger partial charge in [-0.1, -0.05) is 17.7 Å². The van der Waals surface area contributed by atoms with Crippen molar-refractivity contribution in [2.45, 2.75) is 34.1 Å². The molecule has 2 heterocycles. The second kappa shape index (κ2) is 9.96. The first-order valence-electron chi connectivity index (χ1n) is 11.7. The highest BCUT2D eigenvalue weighted by Crippen LogP contribution is 2.46. The van der Waals surface area contributed by atoms with Crippen LogP contribution < -0.4 is 24.4 Å². The van der Waals surface area contributed by atoms with Gasteiger partial charge in [-0.15, -0.1) is 0 Å². The Balaban J connectivity index is 1.84. The summed E-state index contributed by atoms with van der Waals surface area (Å²) in [6.07, 6.45) is 1.79. The summed E-state index contributed by atoms with van der Waals surface area (Å²) in [7, 11) is 3.13. The molecule has 0 aromatic heterocycles. The number of likely N-dealkylation sites (N-methyl/N-ethyl adjacent to an activating group) is 1. The molecular weight excluding hydrogens is 478 g/mol. The molecule has 0 saturated carbocycles. The van der Waals surface area contributed by atoms with E-state index in [4.69, 9.17) is 14.2 Å². The van der Waals surface area contributed by atoms with Crippen LogP contribution in [0.25, 0.3) is 6.08 Å². The average Bonchev–Trinajstić information content (AvgIpc) is 3.29. The Morgan fingerprint density at radius 2 is 1.81 bits per heavy atom. The van der Waals surface area contributed by atoms with E-state index >= 15 is 0 Å². The van der Waals surface area contributed by atoms with Crippen molar-refractivity contribution < 1.29 is 33.4 Å². The van der Waals surface area contributed by atoms with E-state index in [1.165, 1.54) is 20.1 Å². The van der Waals surface area contributed by atoms with Crippen molar-refractivity contribution in [1.29, 1.82) is 0 Å². The molecule has 0 unspecified atom stereocenters. The van der Waals surface area contributed by atoms with Gasteiger partial charge in [-0.05, 0) is 56.0 Å². The summed E-state index contributed by atoms with van der Waals surface area (Å²) in [5, 5.41) is 2.28. The molecule has 0 atom stereocenters. The van der Waals surface area contributed by atoms with Crippen LogP contribution in [0.3, 0.4) is 0 Å². The Morgan fingerprint density at radius 3 is 2.43 bits per heavy atom. The van der Waals surface area contributed by atoms with Crippen LogP contribution in [0, 0.1) is 20.8 Å². The fourth-order valence-electron chi connectivity index (χ4n) is 4.62. The monoisotopic (exact) mass is 507 g/mol. The van der Waals surface area contributed by atoms with Gasteiger partial charge in [-0.3, -0.25) is 19.7 Å². The van der Waals surface area contributed by atoms with Crippen LogP contribution in [0.1, 0.15) is 34.7 Å². The maximum atomic E-state index is 13.7. The van der Waals surface area contributed by atoms with Gasteiger partial charge in [0.05, 0.1) is 12.8 Å². The predicted molar refractivity (Wildman–Crippen MR) is 136 cm³/mol. The summed E-state index contributed by atoms with van der Waals surface area (Å²) < 4.78 is 16.8. The van der Waals surface area contributed by atoms with Gasteiger partial charge >= 0.3 is 6.03 Å². The van der Waals surface area contributed by atoms with Crippen LogP contribution in [0.4, 0.5) is 10.5 Å². The summed E-state index contributed by atoms with van der Waals surface area (Å²) in [6, 6.07) is 4.66. The Labute approximate surface area is 214 Å². The molecule has 2 aliphatic heterocycles. The summed E-state index contributed by atoms with van der Waals surface area (Å²) in [5.41, 5.74) is 3.72. The average molecular weight is 508 g/mol. The zero-order valence-corrected chi connectivity index (χ0v) is 21.7. The number of nitrogens with zero attached hydrogens (tertiary/aromatic N) is 2. The lowest BCUT2D eigenvalue weighted by atomic mass is 9.97. The normalized spacial score (nSPS) is 15.8. The highest BCUT2D eigenvalue weighted by molar-refractivity contribution is 6.39. The lowest BCUT2D eigenvalue weighted by Gasteiger charge is -2.29. The molecule has 2 aromatic rings. The molecule has 2 aliphatic rings. The number of methoxy groups -OCH3 is 1. The second-order valence-electron chi connectivity index (χ2n) is 9.11. The minimum atomic E-state index is -0.819. The summed E-state index contributed by atoms with van der Waals surface area (Å²) in [4.78, 5) is 53.7. The molecule has 0 aliphatic carbocycles. The number of benzene rings is 2. The number of carbonyl (C=O) groups excluding carboxylic acids is 4. The number of imide groups is 2. The largest absolute Gasteiger partial charge is 0.492 e. The summed E-state index contributed by atoms with van der Waals surface area (Å²) >= 11 is 0. The summed E-state index contributed by atoms with van der Waals surface area (Å²) in [6.45, 7) is 7.37. The third-order valence-corrected chi connectivity index (χ3v) is 6.45. The van der Waals surface area contributed by atoms with Crippen LogP contribution in [-0.4, -0.2) is 56.1 Å². The van der Waals surface area contributed by atoms with Gasteiger partial charge < -0.3 is 19.1 Å². The molecule has 4 rings (SSSR count). The third kappa shape index (κ3) is 4.74. The van der Waals surface area contributed by atoms with E-state index in [1.807, 2.05) is 19.1 Å². The van der Waals surface area contributed by atoms with E-state index in [0.29, 0.717) is 41.3 Å². The smallest absolute Gasteiger partial charge is 0.335 e. The fourth-order valence-corrected chi connectivity index (χ4v) is 4.62. The molecule has 1 saturated heterocycles. The number of ether oxygens (including phenoxy) is 3. The van der Waals surface area contributed by atoms with Crippen molar-refractivity contribution in [3.8, 4) is 17.2 Å². The Kier molecular flexibility index (Phi) is 6.93. The van der Waals surface area contributed by atoms with Crippen LogP contribution in [0.15, 0.2) is 23.8 Å². The molecule has 37 heavy (non-hydrogen) atoms. The Morgan fingerprint density at radius 1 is 1.14 bits per heavy atom. The van der Waals surface area contributed by atoms with Gasteiger partial charge in [0, 0.05) is 26.1 Å². The first kappa shape index (κ1) is 25.7. The topological polar surface area (TPSA) is 114 Å². The fraction of sp³-hybridized carbons (Fsp3) is 0.333. The van der Waals surface area contributed by atoms with E-state index in [9.17, 15) is 19.2 Å². The quantitative estimate of drug-likeness (QED) is 0.472. The number of rotatable bonds is 6. The number of hydrogen-bond donors (Lipinski definition) is 1. The van der Waals surface area contributed by atoms with Crippen molar-refractivity contribution >= 4 is 35.5 Å².